The second-order valence-electron chi connectivity index (χ2n) is 9.51. The Bertz CT molecular complexity index is 1080. The average Bonchev–Trinajstić information content (AvgIpc) is 2.81. The van der Waals surface area contributed by atoms with Crippen LogP contribution in [0.3, 0.4) is 0 Å². The van der Waals surface area contributed by atoms with E-state index in [0.717, 1.165) is 17.0 Å². The molecule has 0 unspecified atom stereocenters. The van der Waals surface area contributed by atoms with Crippen LogP contribution in [0, 0.1) is 12.7 Å². The van der Waals surface area contributed by atoms with Gasteiger partial charge in [0, 0.05) is 26.2 Å². The SMILES string of the molecule is CCN(C)[C@H]1CCN(C(=O)N(C)Cc2cc(C(F)(F)F)cc(C(F)(F)F)c2)[C@@H](c2ccc(F)cc2C)C1. The lowest BCUT2D eigenvalue weighted by atomic mass is 9.89. The van der Waals surface area contributed by atoms with Crippen LogP contribution in [0.1, 0.15) is 53.6 Å². The predicted octanol–water partition coefficient (Wildman–Crippen LogP) is 6.88. The van der Waals surface area contributed by atoms with Gasteiger partial charge >= 0.3 is 18.4 Å². The number of carbonyl (C=O) groups is 1. The molecule has 0 spiro atoms. The van der Waals surface area contributed by atoms with Crippen LogP contribution in [0.25, 0.3) is 0 Å². The van der Waals surface area contributed by atoms with Crippen LogP contribution in [0.15, 0.2) is 36.4 Å². The Morgan fingerprint density at radius 2 is 1.59 bits per heavy atom. The number of likely N-dealkylation sites (tertiary alicyclic amines) is 1. The first-order valence-corrected chi connectivity index (χ1v) is 11.9. The molecule has 0 N–H and O–H groups in total. The molecule has 0 bridgehead atoms. The van der Waals surface area contributed by atoms with Crippen LogP contribution in [0.5, 0.6) is 0 Å². The largest absolute Gasteiger partial charge is 0.416 e. The number of alkyl halides is 6. The van der Waals surface area contributed by atoms with Crippen molar-refractivity contribution in [2.24, 2.45) is 0 Å². The molecular weight excluding hydrogens is 503 g/mol. The maximum absolute atomic E-state index is 13.8. The van der Waals surface area contributed by atoms with E-state index in [1.165, 1.54) is 19.2 Å². The molecule has 2 atom stereocenters. The van der Waals surface area contributed by atoms with Crippen molar-refractivity contribution >= 4 is 6.03 Å². The van der Waals surface area contributed by atoms with Crippen molar-refractivity contribution in [3.63, 3.8) is 0 Å². The zero-order valence-electron chi connectivity index (χ0n) is 21.0. The van der Waals surface area contributed by atoms with Crippen LogP contribution in [0.2, 0.25) is 0 Å². The highest BCUT2D eigenvalue weighted by Crippen LogP contribution is 2.38. The number of hydrogen-bond donors (Lipinski definition) is 0. The van der Waals surface area contributed by atoms with Crippen molar-refractivity contribution in [3.05, 3.63) is 70.0 Å². The highest BCUT2D eigenvalue weighted by atomic mass is 19.4. The number of nitrogens with zero attached hydrogens (tertiary/aromatic N) is 3. The highest BCUT2D eigenvalue weighted by molar-refractivity contribution is 5.75. The fourth-order valence-corrected chi connectivity index (χ4v) is 4.81. The summed E-state index contributed by atoms with van der Waals surface area (Å²) in [5.41, 5.74) is -1.75. The van der Waals surface area contributed by atoms with Crippen LogP contribution >= 0.6 is 0 Å². The fraction of sp³-hybridized carbons (Fsp3) is 0.500. The fourth-order valence-electron chi connectivity index (χ4n) is 4.81. The van der Waals surface area contributed by atoms with Gasteiger partial charge in [-0.05, 0) is 80.4 Å². The first-order valence-electron chi connectivity index (χ1n) is 11.9. The van der Waals surface area contributed by atoms with Crippen LogP contribution in [-0.2, 0) is 18.9 Å². The van der Waals surface area contributed by atoms with E-state index >= 15 is 0 Å². The summed E-state index contributed by atoms with van der Waals surface area (Å²) < 4.78 is 93.4. The summed E-state index contributed by atoms with van der Waals surface area (Å²) in [4.78, 5) is 18.3. The molecule has 3 rings (SSSR count). The summed E-state index contributed by atoms with van der Waals surface area (Å²) in [6.07, 6.45) is -8.76. The van der Waals surface area contributed by atoms with E-state index < -0.39 is 47.9 Å². The number of halogens is 7. The Hall–Kier alpha value is -2.82. The van der Waals surface area contributed by atoms with Crippen LogP contribution < -0.4 is 0 Å². The van der Waals surface area contributed by atoms with Gasteiger partial charge in [-0.3, -0.25) is 0 Å². The Morgan fingerprint density at radius 1 is 1.00 bits per heavy atom. The third-order valence-corrected chi connectivity index (χ3v) is 6.93. The molecule has 2 aromatic carbocycles. The molecule has 0 saturated carbocycles. The van der Waals surface area contributed by atoms with Gasteiger partial charge in [0.1, 0.15) is 5.82 Å². The van der Waals surface area contributed by atoms with E-state index in [-0.39, 0.29) is 17.7 Å². The average molecular weight is 534 g/mol. The second kappa shape index (κ2) is 10.9. The molecular formula is C26H30F7N3O. The Morgan fingerprint density at radius 3 is 2.11 bits per heavy atom. The monoisotopic (exact) mass is 533 g/mol. The summed E-state index contributed by atoms with van der Waals surface area (Å²) in [5.74, 6) is -0.417. The molecule has 1 heterocycles. The number of rotatable bonds is 5. The maximum Gasteiger partial charge on any atom is 0.416 e. The Labute approximate surface area is 211 Å². The molecule has 0 aromatic heterocycles. The van der Waals surface area contributed by atoms with E-state index in [1.54, 1.807) is 17.9 Å². The topological polar surface area (TPSA) is 26.8 Å². The summed E-state index contributed by atoms with van der Waals surface area (Å²) in [5, 5.41) is 0. The molecule has 204 valence electrons. The molecule has 1 aliphatic heterocycles. The minimum atomic E-state index is -4.98. The van der Waals surface area contributed by atoms with Gasteiger partial charge in [0.05, 0.1) is 17.2 Å². The number of piperidine rings is 1. The predicted molar refractivity (Wildman–Crippen MR) is 125 cm³/mol. The molecule has 0 aliphatic carbocycles. The standard InChI is InChI=1S/C26H30F7N3O/c1-5-34(3)21-8-9-36(23(14-21)22-7-6-20(27)10-16(22)2)24(37)35(4)15-17-11-18(25(28,29)30)13-19(12-17)26(31,32)33/h6-7,10-13,21,23H,5,8-9,14-15H2,1-4H3/t21-,23+/m0/s1. The lowest BCUT2D eigenvalue weighted by Gasteiger charge is -2.44. The second-order valence-corrected chi connectivity index (χ2v) is 9.51. The maximum atomic E-state index is 13.8. The highest BCUT2D eigenvalue weighted by Gasteiger charge is 2.38. The van der Waals surface area contributed by atoms with Gasteiger partial charge in [-0.2, -0.15) is 26.3 Å². The van der Waals surface area contributed by atoms with Gasteiger partial charge in [0.2, 0.25) is 0 Å². The third kappa shape index (κ3) is 6.74. The van der Waals surface area contributed by atoms with E-state index in [9.17, 15) is 35.5 Å². The quantitative estimate of drug-likeness (QED) is 0.392. The van der Waals surface area contributed by atoms with Gasteiger partial charge in [0.15, 0.2) is 0 Å². The van der Waals surface area contributed by atoms with Crippen molar-refractivity contribution in [1.82, 2.24) is 14.7 Å². The number of benzene rings is 2. The number of carbonyl (C=O) groups excluding carboxylic acids is 1. The molecule has 1 fully saturated rings. The summed E-state index contributed by atoms with van der Waals surface area (Å²) >= 11 is 0. The minimum Gasteiger partial charge on any atom is -0.323 e. The van der Waals surface area contributed by atoms with E-state index in [1.807, 2.05) is 14.0 Å². The first-order chi connectivity index (χ1) is 17.1. The van der Waals surface area contributed by atoms with E-state index in [4.69, 9.17) is 0 Å². The summed E-state index contributed by atoms with van der Waals surface area (Å²) in [6, 6.07) is 4.80. The minimum absolute atomic E-state index is 0.0632. The van der Waals surface area contributed by atoms with E-state index in [2.05, 4.69) is 4.90 Å². The number of aryl methyl sites for hydroxylation is 1. The molecule has 4 nitrogen and oxygen atoms in total. The number of amides is 2. The number of urea groups is 1. The Kier molecular flexibility index (Phi) is 8.46. The van der Waals surface area contributed by atoms with Gasteiger partial charge in [-0.15, -0.1) is 0 Å². The van der Waals surface area contributed by atoms with Crippen molar-refractivity contribution in [2.75, 3.05) is 27.2 Å². The molecule has 11 heteroatoms. The van der Waals surface area contributed by atoms with Gasteiger partial charge in [-0.1, -0.05) is 13.0 Å². The zero-order valence-corrected chi connectivity index (χ0v) is 21.0. The Balaban J connectivity index is 1.92. The normalized spacial score (nSPS) is 18.9. The lowest BCUT2D eigenvalue weighted by Crippen LogP contribution is -2.50. The summed E-state index contributed by atoms with van der Waals surface area (Å²) in [6.45, 7) is 4.41. The molecule has 2 aromatic rings. The van der Waals surface area contributed by atoms with Crippen LogP contribution in [0.4, 0.5) is 35.5 Å². The molecule has 1 saturated heterocycles. The summed E-state index contributed by atoms with van der Waals surface area (Å²) in [7, 11) is 3.31. The molecule has 0 radical (unpaired) electrons. The zero-order chi connectivity index (χ0) is 27.7. The van der Waals surface area contributed by atoms with Gasteiger partial charge < -0.3 is 14.7 Å². The van der Waals surface area contributed by atoms with Crippen molar-refractivity contribution in [1.29, 1.82) is 0 Å². The third-order valence-electron chi connectivity index (χ3n) is 6.93. The van der Waals surface area contributed by atoms with Crippen molar-refractivity contribution in [2.45, 2.75) is 57.7 Å². The molecule has 1 aliphatic rings. The number of hydrogen-bond acceptors (Lipinski definition) is 2. The molecule has 2 amide bonds. The van der Waals surface area contributed by atoms with Crippen molar-refractivity contribution < 1.29 is 35.5 Å². The van der Waals surface area contributed by atoms with Gasteiger partial charge in [-0.25, -0.2) is 9.18 Å². The van der Waals surface area contributed by atoms with Gasteiger partial charge in [0.25, 0.3) is 0 Å². The lowest BCUT2D eigenvalue weighted by molar-refractivity contribution is -0.143. The molecule has 37 heavy (non-hydrogen) atoms. The van der Waals surface area contributed by atoms with Crippen molar-refractivity contribution in [3.8, 4) is 0 Å². The smallest absolute Gasteiger partial charge is 0.323 e. The van der Waals surface area contributed by atoms with E-state index in [0.29, 0.717) is 37.1 Å². The van der Waals surface area contributed by atoms with Crippen LogP contribution in [-0.4, -0.2) is 54.0 Å². The first kappa shape index (κ1) is 28.7.